The molecule has 1 aliphatic heterocycles. The van der Waals surface area contributed by atoms with Gasteiger partial charge in [-0.3, -0.25) is 4.79 Å². The van der Waals surface area contributed by atoms with Crippen LogP contribution in [0.25, 0.3) is 11.0 Å². The minimum atomic E-state index is 0.126. The number of nitrogens with one attached hydrogen (secondary N) is 2. The van der Waals surface area contributed by atoms with Gasteiger partial charge in [-0.1, -0.05) is 12.1 Å². The van der Waals surface area contributed by atoms with Crippen LogP contribution >= 0.6 is 0 Å². The Morgan fingerprint density at radius 3 is 3.18 bits per heavy atom. The van der Waals surface area contributed by atoms with Gasteiger partial charge in [0.2, 0.25) is 5.91 Å². The first-order valence-corrected chi connectivity index (χ1v) is 8.20. The molecule has 1 aliphatic rings. The third kappa shape index (κ3) is 3.85. The molecule has 1 saturated heterocycles. The predicted octanol–water partition coefficient (Wildman–Crippen LogP) is 1.93. The maximum Gasteiger partial charge on any atom is 0.221 e. The fourth-order valence-corrected chi connectivity index (χ4v) is 3.08. The summed E-state index contributed by atoms with van der Waals surface area (Å²) in [7, 11) is 0. The van der Waals surface area contributed by atoms with Gasteiger partial charge < -0.3 is 15.2 Å². The quantitative estimate of drug-likeness (QED) is 0.857. The number of carbonyl (C=O) groups excluding carboxylic acids is 1. The van der Waals surface area contributed by atoms with Crippen LogP contribution < -0.4 is 10.6 Å². The molecule has 22 heavy (non-hydrogen) atoms. The first-order valence-electron chi connectivity index (χ1n) is 8.20. The Kier molecular flexibility index (Phi) is 5.06. The summed E-state index contributed by atoms with van der Waals surface area (Å²) >= 11 is 0. The van der Waals surface area contributed by atoms with E-state index in [4.69, 9.17) is 0 Å². The van der Waals surface area contributed by atoms with Crippen molar-refractivity contribution in [3.8, 4) is 0 Å². The van der Waals surface area contributed by atoms with Crippen molar-refractivity contribution in [2.75, 3.05) is 19.6 Å². The van der Waals surface area contributed by atoms with Crippen molar-refractivity contribution in [3.05, 3.63) is 30.6 Å². The first-order chi connectivity index (χ1) is 10.8. The maximum atomic E-state index is 12.0. The standard InChI is InChI=1S/C17H24N4O/c22-17(19-10-7-14-4-3-9-18-12-14)8-11-21-13-20-15-5-1-2-6-16(15)21/h1-2,5-6,13-14,18H,3-4,7-12H2,(H,19,22). The number of carbonyl (C=O) groups is 1. The number of amides is 1. The van der Waals surface area contributed by atoms with E-state index >= 15 is 0 Å². The van der Waals surface area contributed by atoms with Gasteiger partial charge in [0.25, 0.3) is 0 Å². The highest BCUT2D eigenvalue weighted by Crippen LogP contribution is 2.13. The summed E-state index contributed by atoms with van der Waals surface area (Å²) in [5.74, 6) is 0.841. The van der Waals surface area contributed by atoms with Crippen LogP contribution in [0.3, 0.4) is 0 Å². The minimum absolute atomic E-state index is 0.126. The van der Waals surface area contributed by atoms with Crippen molar-refractivity contribution in [1.82, 2.24) is 20.2 Å². The summed E-state index contributed by atoms with van der Waals surface area (Å²) < 4.78 is 2.04. The van der Waals surface area contributed by atoms with Crippen LogP contribution in [0, 0.1) is 5.92 Å². The fourth-order valence-electron chi connectivity index (χ4n) is 3.08. The second-order valence-electron chi connectivity index (χ2n) is 6.03. The molecule has 0 radical (unpaired) electrons. The van der Waals surface area contributed by atoms with Gasteiger partial charge in [0.1, 0.15) is 0 Å². The average Bonchev–Trinajstić information content (AvgIpc) is 2.97. The topological polar surface area (TPSA) is 59.0 Å². The van der Waals surface area contributed by atoms with Gasteiger partial charge in [-0.15, -0.1) is 0 Å². The number of piperidine rings is 1. The van der Waals surface area contributed by atoms with Crippen molar-refractivity contribution in [2.45, 2.75) is 32.2 Å². The third-order valence-electron chi connectivity index (χ3n) is 4.38. The number of aryl methyl sites for hydroxylation is 1. The molecule has 0 spiro atoms. The van der Waals surface area contributed by atoms with Crippen LogP contribution in [0.2, 0.25) is 0 Å². The SMILES string of the molecule is O=C(CCn1cnc2ccccc21)NCCC1CCCNC1. The molecule has 3 rings (SSSR count). The van der Waals surface area contributed by atoms with Crippen molar-refractivity contribution in [1.29, 1.82) is 0 Å². The Balaban J connectivity index is 1.40. The Morgan fingerprint density at radius 1 is 1.41 bits per heavy atom. The molecule has 0 saturated carbocycles. The largest absolute Gasteiger partial charge is 0.356 e. The van der Waals surface area contributed by atoms with Crippen LogP contribution in [0.15, 0.2) is 30.6 Å². The molecule has 2 N–H and O–H groups in total. The van der Waals surface area contributed by atoms with E-state index in [1.807, 2.05) is 35.2 Å². The van der Waals surface area contributed by atoms with Gasteiger partial charge >= 0.3 is 0 Å². The van der Waals surface area contributed by atoms with Crippen molar-refractivity contribution >= 4 is 16.9 Å². The highest BCUT2D eigenvalue weighted by molar-refractivity contribution is 5.77. The van der Waals surface area contributed by atoms with E-state index in [0.29, 0.717) is 18.9 Å². The second kappa shape index (κ2) is 7.40. The molecule has 1 aromatic carbocycles. The van der Waals surface area contributed by atoms with Crippen LogP contribution in [-0.4, -0.2) is 35.1 Å². The maximum absolute atomic E-state index is 12.0. The summed E-state index contributed by atoms with van der Waals surface area (Å²) in [6.07, 6.45) is 5.93. The van der Waals surface area contributed by atoms with Gasteiger partial charge in [-0.05, 0) is 50.4 Å². The van der Waals surface area contributed by atoms with E-state index in [-0.39, 0.29) is 5.91 Å². The number of rotatable bonds is 6. The third-order valence-corrected chi connectivity index (χ3v) is 4.38. The van der Waals surface area contributed by atoms with Crippen molar-refractivity contribution < 1.29 is 4.79 Å². The predicted molar refractivity (Wildman–Crippen MR) is 87.6 cm³/mol. The zero-order valence-electron chi connectivity index (χ0n) is 12.9. The smallest absolute Gasteiger partial charge is 0.221 e. The lowest BCUT2D eigenvalue weighted by Gasteiger charge is -2.22. The number of aromatic nitrogens is 2. The number of benzene rings is 1. The van der Waals surface area contributed by atoms with Gasteiger partial charge in [-0.2, -0.15) is 0 Å². The second-order valence-corrected chi connectivity index (χ2v) is 6.03. The summed E-state index contributed by atoms with van der Waals surface area (Å²) in [6.45, 7) is 3.70. The fraction of sp³-hybridized carbons (Fsp3) is 0.529. The lowest BCUT2D eigenvalue weighted by molar-refractivity contribution is -0.121. The van der Waals surface area contributed by atoms with Crippen molar-refractivity contribution in [3.63, 3.8) is 0 Å². The molecule has 0 aliphatic carbocycles. The van der Waals surface area contributed by atoms with Crippen LogP contribution in [0.1, 0.15) is 25.7 Å². The molecule has 1 amide bonds. The minimum Gasteiger partial charge on any atom is -0.356 e. The molecule has 2 heterocycles. The summed E-state index contributed by atoms with van der Waals surface area (Å²) in [5, 5.41) is 6.45. The number of hydrogen-bond donors (Lipinski definition) is 2. The average molecular weight is 300 g/mol. The molecule has 1 unspecified atom stereocenters. The highest BCUT2D eigenvalue weighted by Gasteiger charge is 2.12. The molecule has 118 valence electrons. The molecular weight excluding hydrogens is 276 g/mol. The monoisotopic (exact) mass is 300 g/mol. The summed E-state index contributed by atoms with van der Waals surface area (Å²) in [5.41, 5.74) is 2.07. The lowest BCUT2D eigenvalue weighted by Crippen LogP contribution is -2.33. The molecule has 1 atom stereocenters. The lowest BCUT2D eigenvalue weighted by atomic mass is 9.96. The summed E-state index contributed by atoms with van der Waals surface area (Å²) in [6, 6.07) is 8.01. The van der Waals surface area contributed by atoms with E-state index in [1.54, 1.807) is 0 Å². The van der Waals surface area contributed by atoms with E-state index in [9.17, 15) is 4.79 Å². The number of fused-ring (bicyclic) bond motifs is 1. The van der Waals surface area contributed by atoms with Gasteiger partial charge in [0.15, 0.2) is 0 Å². The van der Waals surface area contributed by atoms with E-state index in [1.165, 1.54) is 12.8 Å². The van der Waals surface area contributed by atoms with Gasteiger partial charge in [-0.25, -0.2) is 4.98 Å². The number of hydrogen-bond acceptors (Lipinski definition) is 3. The van der Waals surface area contributed by atoms with Crippen LogP contribution in [0.4, 0.5) is 0 Å². The van der Waals surface area contributed by atoms with Gasteiger partial charge in [0.05, 0.1) is 17.4 Å². The molecule has 0 bridgehead atoms. The Hall–Kier alpha value is -1.88. The summed E-state index contributed by atoms with van der Waals surface area (Å²) in [4.78, 5) is 16.3. The van der Waals surface area contributed by atoms with E-state index in [0.717, 1.165) is 37.1 Å². The molecule has 5 heteroatoms. The van der Waals surface area contributed by atoms with Crippen molar-refractivity contribution in [2.24, 2.45) is 5.92 Å². The molecule has 1 aromatic heterocycles. The number of nitrogens with zero attached hydrogens (tertiary/aromatic N) is 2. The molecular formula is C17H24N4O. The zero-order valence-corrected chi connectivity index (χ0v) is 12.9. The number of imidazole rings is 1. The Bertz CT molecular complexity index is 616. The van der Waals surface area contributed by atoms with Gasteiger partial charge in [0, 0.05) is 19.5 Å². The molecule has 1 fully saturated rings. The normalized spacial score (nSPS) is 18.5. The molecule has 2 aromatic rings. The first kappa shape index (κ1) is 15.0. The Morgan fingerprint density at radius 2 is 2.32 bits per heavy atom. The zero-order chi connectivity index (χ0) is 15.2. The Labute approximate surface area is 131 Å². The van der Waals surface area contributed by atoms with E-state index < -0.39 is 0 Å². The molecule has 5 nitrogen and oxygen atoms in total. The van der Waals surface area contributed by atoms with Crippen LogP contribution in [0.5, 0.6) is 0 Å². The van der Waals surface area contributed by atoms with Crippen LogP contribution in [-0.2, 0) is 11.3 Å². The number of para-hydroxylation sites is 2. The highest BCUT2D eigenvalue weighted by atomic mass is 16.1. The van der Waals surface area contributed by atoms with E-state index in [2.05, 4.69) is 15.6 Å².